The third-order valence-electron chi connectivity index (χ3n) is 5.10. The zero-order valence-corrected chi connectivity index (χ0v) is 12.5. The standard InChI is InChI=1S/C17H17NO4/c1-21-11-5-6-13(22-2)12(8-11)18-16(19)14-9-3-4-10(7-9)15(14)17(18)20/h3-6,8-10,14-15H,7H2,1-2H3/t9-,10-,14+,15+/m0/s1. The first-order valence-corrected chi connectivity index (χ1v) is 7.44. The van der Waals surface area contributed by atoms with Gasteiger partial charge in [-0.1, -0.05) is 12.2 Å². The number of hydrogen-bond acceptors (Lipinski definition) is 4. The van der Waals surface area contributed by atoms with Crippen molar-refractivity contribution in [2.45, 2.75) is 6.42 Å². The first-order valence-electron chi connectivity index (χ1n) is 7.44. The van der Waals surface area contributed by atoms with E-state index in [0.29, 0.717) is 17.2 Å². The van der Waals surface area contributed by atoms with Crippen LogP contribution >= 0.6 is 0 Å². The molecule has 1 saturated carbocycles. The highest BCUT2D eigenvalue weighted by molar-refractivity contribution is 6.23. The number of fused-ring (bicyclic) bond motifs is 5. The van der Waals surface area contributed by atoms with Crippen LogP contribution in [0.3, 0.4) is 0 Å². The molecule has 3 aliphatic rings. The van der Waals surface area contributed by atoms with Gasteiger partial charge in [0.25, 0.3) is 0 Å². The minimum absolute atomic E-state index is 0.113. The van der Waals surface area contributed by atoms with Crippen molar-refractivity contribution >= 4 is 17.5 Å². The van der Waals surface area contributed by atoms with E-state index in [4.69, 9.17) is 9.47 Å². The van der Waals surface area contributed by atoms with Gasteiger partial charge >= 0.3 is 0 Å². The molecule has 0 N–H and O–H groups in total. The summed E-state index contributed by atoms with van der Waals surface area (Å²) in [5.74, 6) is 0.854. The SMILES string of the molecule is COc1ccc(OC)c(N2C(=O)[C@H]3[C@H](C2=O)[C@H]2C=C[C@H]3C2)c1. The first-order chi connectivity index (χ1) is 10.7. The number of amides is 2. The van der Waals surface area contributed by atoms with E-state index in [2.05, 4.69) is 12.2 Å². The van der Waals surface area contributed by atoms with E-state index < -0.39 is 0 Å². The molecule has 0 spiro atoms. The Labute approximate surface area is 128 Å². The predicted octanol–water partition coefficient (Wildman–Crippen LogP) is 2.02. The largest absolute Gasteiger partial charge is 0.497 e. The van der Waals surface area contributed by atoms with Crippen molar-refractivity contribution in [2.24, 2.45) is 23.7 Å². The van der Waals surface area contributed by atoms with Crippen LogP contribution < -0.4 is 14.4 Å². The monoisotopic (exact) mass is 299 g/mol. The molecule has 2 fully saturated rings. The zero-order valence-electron chi connectivity index (χ0n) is 12.5. The Hall–Kier alpha value is -2.30. The third kappa shape index (κ3) is 1.59. The van der Waals surface area contributed by atoms with Crippen molar-refractivity contribution in [1.82, 2.24) is 0 Å². The second-order valence-electron chi connectivity index (χ2n) is 6.05. The number of allylic oxidation sites excluding steroid dienone is 2. The molecule has 22 heavy (non-hydrogen) atoms. The Kier molecular flexibility index (Phi) is 2.79. The second kappa shape index (κ2) is 4.60. The van der Waals surface area contributed by atoms with Crippen molar-refractivity contribution in [1.29, 1.82) is 0 Å². The number of nitrogens with zero attached hydrogens (tertiary/aromatic N) is 1. The van der Waals surface area contributed by atoms with Crippen molar-refractivity contribution in [2.75, 3.05) is 19.1 Å². The van der Waals surface area contributed by atoms with Gasteiger partial charge in [-0.15, -0.1) is 0 Å². The van der Waals surface area contributed by atoms with Crippen LogP contribution in [0.15, 0.2) is 30.4 Å². The quantitative estimate of drug-likeness (QED) is 0.633. The molecule has 2 aliphatic carbocycles. The fraction of sp³-hybridized carbons (Fsp3) is 0.412. The highest BCUT2D eigenvalue weighted by Crippen LogP contribution is 2.54. The Morgan fingerprint density at radius 1 is 1.00 bits per heavy atom. The summed E-state index contributed by atoms with van der Waals surface area (Å²) < 4.78 is 10.5. The number of ether oxygens (including phenoxy) is 2. The number of rotatable bonds is 3. The Morgan fingerprint density at radius 2 is 1.64 bits per heavy atom. The fourth-order valence-corrected chi connectivity index (χ4v) is 4.11. The van der Waals surface area contributed by atoms with Gasteiger partial charge in [0.2, 0.25) is 11.8 Å². The Balaban J connectivity index is 1.78. The molecule has 1 heterocycles. The van der Waals surface area contributed by atoms with E-state index in [9.17, 15) is 9.59 Å². The van der Waals surface area contributed by atoms with Crippen LogP contribution in [0.4, 0.5) is 5.69 Å². The Bertz CT molecular complexity index is 666. The van der Waals surface area contributed by atoms with Crippen molar-refractivity contribution in [3.8, 4) is 11.5 Å². The molecule has 1 aromatic carbocycles. The van der Waals surface area contributed by atoms with E-state index in [1.807, 2.05) is 0 Å². The number of benzene rings is 1. The summed E-state index contributed by atoms with van der Waals surface area (Å²) in [6.07, 6.45) is 5.10. The molecule has 0 radical (unpaired) electrons. The van der Waals surface area contributed by atoms with Gasteiger partial charge in [-0.2, -0.15) is 0 Å². The van der Waals surface area contributed by atoms with E-state index in [-0.39, 0.29) is 35.5 Å². The highest BCUT2D eigenvalue weighted by Gasteiger charge is 2.59. The highest BCUT2D eigenvalue weighted by atomic mass is 16.5. The molecule has 5 nitrogen and oxygen atoms in total. The van der Waals surface area contributed by atoms with E-state index in [0.717, 1.165) is 6.42 Å². The Morgan fingerprint density at radius 3 is 2.18 bits per heavy atom. The molecule has 114 valence electrons. The summed E-state index contributed by atoms with van der Waals surface area (Å²) in [6.45, 7) is 0. The average Bonchev–Trinajstić information content (AvgIpc) is 3.21. The van der Waals surface area contributed by atoms with Crippen LogP contribution in [0.2, 0.25) is 0 Å². The van der Waals surface area contributed by atoms with Crippen LogP contribution in [0.5, 0.6) is 11.5 Å². The van der Waals surface area contributed by atoms with Gasteiger partial charge in [-0.25, -0.2) is 4.90 Å². The maximum Gasteiger partial charge on any atom is 0.238 e. The summed E-state index contributed by atoms with van der Waals surface area (Å²) >= 11 is 0. The fourth-order valence-electron chi connectivity index (χ4n) is 4.11. The number of imide groups is 1. The van der Waals surface area contributed by atoms with Crippen LogP contribution in [0.25, 0.3) is 0 Å². The van der Waals surface area contributed by atoms with Gasteiger partial charge in [0.15, 0.2) is 0 Å². The van der Waals surface area contributed by atoms with E-state index in [1.165, 1.54) is 12.0 Å². The number of hydrogen-bond donors (Lipinski definition) is 0. The second-order valence-corrected chi connectivity index (χ2v) is 6.05. The summed E-state index contributed by atoms with van der Waals surface area (Å²) in [7, 11) is 3.08. The van der Waals surface area contributed by atoms with Crippen LogP contribution in [0.1, 0.15) is 6.42 Å². The average molecular weight is 299 g/mol. The molecule has 5 heteroatoms. The number of methoxy groups -OCH3 is 2. The third-order valence-corrected chi connectivity index (χ3v) is 5.10. The molecule has 2 amide bonds. The number of carbonyl (C=O) groups is 2. The van der Waals surface area contributed by atoms with E-state index in [1.54, 1.807) is 25.3 Å². The van der Waals surface area contributed by atoms with Gasteiger partial charge in [-0.05, 0) is 30.4 Å². The van der Waals surface area contributed by atoms with Crippen molar-refractivity contribution in [3.05, 3.63) is 30.4 Å². The van der Waals surface area contributed by atoms with Gasteiger partial charge in [0, 0.05) is 6.07 Å². The summed E-state index contributed by atoms with van der Waals surface area (Å²) in [5, 5.41) is 0. The maximum atomic E-state index is 12.8. The number of anilines is 1. The van der Waals surface area contributed by atoms with Gasteiger partial charge in [0.1, 0.15) is 11.5 Å². The van der Waals surface area contributed by atoms with Crippen molar-refractivity contribution < 1.29 is 19.1 Å². The molecule has 1 aliphatic heterocycles. The lowest BCUT2D eigenvalue weighted by molar-refractivity contribution is -0.123. The minimum Gasteiger partial charge on any atom is -0.497 e. The first kappa shape index (κ1) is 13.4. The van der Waals surface area contributed by atoms with Crippen LogP contribution in [0, 0.1) is 23.7 Å². The maximum absolute atomic E-state index is 12.8. The summed E-state index contributed by atoms with van der Waals surface area (Å²) in [5.41, 5.74) is 0.477. The lowest BCUT2D eigenvalue weighted by atomic mass is 9.85. The molecule has 1 aromatic rings. The van der Waals surface area contributed by atoms with Crippen LogP contribution in [-0.4, -0.2) is 26.0 Å². The molecule has 1 saturated heterocycles. The minimum atomic E-state index is -0.210. The van der Waals surface area contributed by atoms with E-state index >= 15 is 0 Å². The van der Waals surface area contributed by atoms with Crippen LogP contribution in [-0.2, 0) is 9.59 Å². The van der Waals surface area contributed by atoms with Crippen molar-refractivity contribution in [3.63, 3.8) is 0 Å². The lowest BCUT2D eigenvalue weighted by Gasteiger charge is -2.20. The molecule has 0 aromatic heterocycles. The normalized spacial score (nSPS) is 31.8. The molecule has 0 unspecified atom stereocenters. The smallest absolute Gasteiger partial charge is 0.238 e. The molecule has 4 atom stereocenters. The number of carbonyl (C=O) groups excluding carboxylic acids is 2. The van der Waals surface area contributed by atoms with Gasteiger partial charge in [0.05, 0.1) is 31.7 Å². The summed E-state index contributed by atoms with van der Waals surface area (Å²) in [4.78, 5) is 27.0. The lowest BCUT2D eigenvalue weighted by Crippen LogP contribution is -2.33. The predicted molar refractivity (Wildman–Crippen MR) is 79.8 cm³/mol. The molecular formula is C17H17NO4. The summed E-state index contributed by atoms with van der Waals surface area (Å²) in [6, 6.07) is 5.15. The topological polar surface area (TPSA) is 55.8 Å². The zero-order chi connectivity index (χ0) is 15.4. The van der Waals surface area contributed by atoms with Gasteiger partial charge < -0.3 is 9.47 Å². The van der Waals surface area contributed by atoms with Gasteiger partial charge in [-0.3, -0.25) is 9.59 Å². The molecule has 2 bridgehead atoms. The molecular weight excluding hydrogens is 282 g/mol. The molecule has 4 rings (SSSR count).